The van der Waals surface area contributed by atoms with Crippen LogP contribution in [0.5, 0.6) is 0 Å². The lowest BCUT2D eigenvalue weighted by molar-refractivity contribution is -0.119. The number of ether oxygens (including phenoxy) is 2. The van der Waals surface area contributed by atoms with Gasteiger partial charge in [-0.3, -0.25) is 9.59 Å². The summed E-state index contributed by atoms with van der Waals surface area (Å²) in [5.74, 6) is -1.30. The average molecular weight is 449 g/mol. The van der Waals surface area contributed by atoms with Crippen LogP contribution in [0, 0.1) is 0 Å². The second kappa shape index (κ2) is 10.5. The third kappa shape index (κ3) is 5.98. The van der Waals surface area contributed by atoms with Crippen LogP contribution in [0.25, 0.3) is 0 Å². The van der Waals surface area contributed by atoms with Crippen molar-refractivity contribution in [1.29, 1.82) is 0 Å². The summed E-state index contributed by atoms with van der Waals surface area (Å²) in [6, 6.07) is 16.8. The summed E-state index contributed by atoms with van der Waals surface area (Å²) in [7, 11) is 0. The Bertz CT molecular complexity index is 1090. The van der Waals surface area contributed by atoms with Crippen LogP contribution >= 0.6 is 0 Å². The Morgan fingerprint density at radius 2 is 1.55 bits per heavy atom. The van der Waals surface area contributed by atoms with Gasteiger partial charge in [0.1, 0.15) is 0 Å². The molecule has 33 heavy (non-hydrogen) atoms. The molecule has 1 fully saturated rings. The zero-order valence-electron chi connectivity index (χ0n) is 17.8. The lowest BCUT2D eigenvalue weighted by Gasteiger charge is -2.28. The zero-order valence-corrected chi connectivity index (χ0v) is 17.8. The maximum Gasteiger partial charge on any atom is 0.338 e. The smallest absolute Gasteiger partial charge is 0.338 e. The Morgan fingerprint density at radius 1 is 0.879 bits per heavy atom. The van der Waals surface area contributed by atoms with Gasteiger partial charge >= 0.3 is 5.97 Å². The van der Waals surface area contributed by atoms with E-state index in [1.54, 1.807) is 36.4 Å². The van der Waals surface area contributed by atoms with Crippen molar-refractivity contribution in [1.82, 2.24) is 0 Å². The zero-order chi connectivity index (χ0) is 23.0. The SMILES string of the molecule is O=C(COC(=O)c1ccc(NC(=O)c2ccco2)cc1)Nc1ccc(N2CCOCC2)cc1. The van der Waals surface area contributed by atoms with Crippen LogP contribution in [0.1, 0.15) is 20.9 Å². The second-order valence-electron chi connectivity index (χ2n) is 7.28. The largest absolute Gasteiger partial charge is 0.459 e. The van der Waals surface area contributed by atoms with E-state index < -0.39 is 24.4 Å². The van der Waals surface area contributed by atoms with Crippen molar-refractivity contribution in [3.63, 3.8) is 0 Å². The molecule has 9 nitrogen and oxygen atoms in total. The fraction of sp³-hybridized carbons (Fsp3) is 0.208. The Labute approximate surface area is 190 Å². The highest BCUT2D eigenvalue weighted by atomic mass is 16.5. The Morgan fingerprint density at radius 3 is 2.21 bits per heavy atom. The molecule has 3 aromatic rings. The Balaban J connectivity index is 1.23. The number of hydrogen-bond donors (Lipinski definition) is 2. The molecule has 1 saturated heterocycles. The van der Waals surface area contributed by atoms with Gasteiger partial charge in [-0.15, -0.1) is 0 Å². The van der Waals surface area contributed by atoms with Crippen LogP contribution in [-0.2, 0) is 14.3 Å². The first-order chi connectivity index (χ1) is 16.1. The van der Waals surface area contributed by atoms with E-state index in [0.717, 1.165) is 18.8 Å². The molecule has 0 saturated carbocycles. The van der Waals surface area contributed by atoms with Crippen molar-refractivity contribution < 1.29 is 28.3 Å². The van der Waals surface area contributed by atoms with Crippen molar-refractivity contribution in [2.45, 2.75) is 0 Å². The van der Waals surface area contributed by atoms with Crippen molar-refractivity contribution >= 4 is 34.8 Å². The number of amides is 2. The van der Waals surface area contributed by atoms with Gasteiger partial charge < -0.3 is 29.4 Å². The molecule has 0 bridgehead atoms. The van der Waals surface area contributed by atoms with E-state index in [1.165, 1.54) is 18.4 Å². The van der Waals surface area contributed by atoms with Crippen LogP contribution < -0.4 is 15.5 Å². The first-order valence-electron chi connectivity index (χ1n) is 10.4. The highest BCUT2D eigenvalue weighted by Gasteiger charge is 2.14. The third-order valence-corrected chi connectivity index (χ3v) is 4.99. The average Bonchev–Trinajstić information content (AvgIpc) is 3.39. The van der Waals surface area contributed by atoms with Crippen molar-refractivity contribution in [2.24, 2.45) is 0 Å². The summed E-state index contributed by atoms with van der Waals surface area (Å²) in [5, 5.41) is 5.36. The van der Waals surface area contributed by atoms with Gasteiger partial charge in [0.05, 0.1) is 25.0 Å². The highest BCUT2D eigenvalue weighted by molar-refractivity contribution is 6.02. The fourth-order valence-corrected chi connectivity index (χ4v) is 3.28. The van der Waals surface area contributed by atoms with Gasteiger partial charge in [-0.05, 0) is 60.7 Å². The lowest BCUT2D eigenvalue weighted by Crippen LogP contribution is -2.36. The molecule has 2 N–H and O–H groups in total. The molecule has 0 spiro atoms. The normalized spacial score (nSPS) is 13.3. The molecular formula is C24H23N3O6. The molecule has 9 heteroatoms. The number of morpholine rings is 1. The maximum atomic E-state index is 12.2. The standard InChI is InChI=1S/C24H23N3O6/c28-22(25-18-7-9-20(10-8-18)27-11-14-31-15-12-27)16-33-24(30)17-3-5-19(6-4-17)26-23(29)21-2-1-13-32-21/h1-10,13H,11-12,14-16H2,(H,25,28)(H,26,29). The number of rotatable bonds is 7. The number of benzene rings is 2. The molecule has 2 amide bonds. The predicted molar refractivity (Wildman–Crippen MR) is 121 cm³/mol. The second-order valence-corrected chi connectivity index (χ2v) is 7.28. The van der Waals surface area contributed by atoms with Crippen molar-refractivity contribution in [3.05, 3.63) is 78.3 Å². The summed E-state index contributed by atoms with van der Waals surface area (Å²) < 4.78 is 15.5. The van der Waals surface area contributed by atoms with E-state index >= 15 is 0 Å². The molecular weight excluding hydrogens is 426 g/mol. The molecule has 2 aromatic carbocycles. The highest BCUT2D eigenvalue weighted by Crippen LogP contribution is 2.19. The van der Waals surface area contributed by atoms with Gasteiger partial charge in [0.2, 0.25) is 0 Å². The monoisotopic (exact) mass is 449 g/mol. The number of carbonyl (C=O) groups is 3. The number of furan rings is 1. The number of anilines is 3. The Hall–Kier alpha value is -4.11. The number of carbonyl (C=O) groups excluding carboxylic acids is 3. The van der Waals surface area contributed by atoms with Gasteiger partial charge in [-0.1, -0.05) is 0 Å². The van der Waals surface area contributed by atoms with Gasteiger partial charge in [-0.2, -0.15) is 0 Å². The topological polar surface area (TPSA) is 110 Å². The molecule has 1 aliphatic heterocycles. The number of hydrogen-bond acceptors (Lipinski definition) is 7. The molecule has 2 heterocycles. The predicted octanol–water partition coefficient (Wildman–Crippen LogP) is 3.16. The summed E-state index contributed by atoms with van der Waals surface area (Å²) in [4.78, 5) is 38.6. The summed E-state index contributed by atoms with van der Waals surface area (Å²) in [6.07, 6.45) is 1.41. The number of esters is 1. The van der Waals surface area contributed by atoms with E-state index in [4.69, 9.17) is 13.9 Å². The first kappa shape index (κ1) is 22.1. The number of nitrogens with one attached hydrogen (secondary N) is 2. The lowest BCUT2D eigenvalue weighted by atomic mass is 10.2. The molecule has 1 aromatic heterocycles. The van der Waals surface area contributed by atoms with Gasteiger partial charge in [0.15, 0.2) is 12.4 Å². The summed E-state index contributed by atoms with van der Waals surface area (Å²) >= 11 is 0. The van der Waals surface area contributed by atoms with E-state index in [9.17, 15) is 14.4 Å². The molecule has 170 valence electrons. The molecule has 4 rings (SSSR count). The van der Waals surface area contributed by atoms with Crippen LogP contribution in [-0.4, -0.2) is 50.7 Å². The van der Waals surface area contributed by atoms with E-state index in [1.807, 2.05) is 12.1 Å². The van der Waals surface area contributed by atoms with Crippen molar-refractivity contribution in [3.8, 4) is 0 Å². The third-order valence-electron chi connectivity index (χ3n) is 4.99. The molecule has 0 radical (unpaired) electrons. The van der Waals surface area contributed by atoms with Crippen LogP contribution in [0.2, 0.25) is 0 Å². The van der Waals surface area contributed by atoms with E-state index in [-0.39, 0.29) is 11.3 Å². The molecule has 0 atom stereocenters. The quantitative estimate of drug-likeness (QED) is 0.533. The minimum absolute atomic E-state index is 0.181. The van der Waals surface area contributed by atoms with Crippen LogP contribution in [0.4, 0.5) is 17.1 Å². The van der Waals surface area contributed by atoms with Gasteiger partial charge in [-0.25, -0.2) is 4.79 Å². The van der Waals surface area contributed by atoms with E-state index in [0.29, 0.717) is 24.6 Å². The molecule has 0 unspecified atom stereocenters. The molecule has 1 aliphatic rings. The molecule has 0 aliphatic carbocycles. The van der Waals surface area contributed by atoms with E-state index in [2.05, 4.69) is 15.5 Å². The van der Waals surface area contributed by atoms with Crippen LogP contribution in [0.3, 0.4) is 0 Å². The number of nitrogens with zero attached hydrogens (tertiary/aromatic N) is 1. The van der Waals surface area contributed by atoms with Crippen molar-refractivity contribution in [2.75, 3.05) is 48.4 Å². The summed E-state index contributed by atoms with van der Waals surface area (Å²) in [6.45, 7) is 2.65. The fourth-order valence-electron chi connectivity index (χ4n) is 3.28. The maximum absolute atomic E-state index is 12.2. The van der Waals surface area contributed by atoms with Gasteiger partial charge in [0, 0.05) is 30.2 Å². The summed E-state index contributed by atoms with van der Waals surface area (Å²) in [5.41, 5.74) is 2.43. The first-order valence-corrected chi connectivity index (χ1v) is 10.4. The minimum atomic E-state index is -0.642. The van der Waals surface area contributed by atoms with Gasteiger partial charge in [0.25, 0.3) is 11.8 Å². The minimum Gasteiger partial charge on any atom is -0.459 e. The van der Waals surface area contributed by atoms with Crippen LogP contribution in [0.15, 0.2) is 71.3 Å². The Kier molecular flexibility index (Phi) is 7.01.